The van der Waals surface area contributed by atoms with Gasteiger partial charge in [0.2, 0.25) is 11.6 Å². The van der Waals surface area contributed by atoms with Crippen LogP contribution in [0.25, 0.3) is 0 Å². The molecule has 0 saturated heterocycles. The molecular weight excluding hydrogens is 404 g/mol. The van der Waals surface area contributed by atoms with Gasteiger partial charge in [-0.3, -0.25) is 14.6 Å². The van der Waals surface area contributed by atoms with Crippen molar-refractivity contribution in [3.63, 3.8) is 0 Å². The van der Waals surface area contributed by atoms with Gasteiger partial charge in [0.25, 0.3) is 0 Å². The summed E-state index contributed by atoms with van der Waals surface area (Å²) in [5.41, 5.74) is 7.40. The van der Waals surface area contributed by atoms with Gasteiger partial charge in [-0.25, -0.2) is 0 Å². The zero-order valence-corrected chi connectivity index (χ0v) is 17.1. The average molecular weight is 424 g/mol. The van der Waals surface area contributed by atoms with Crippen LogP contribution in [-0.4, -0.2) is 23.2 Å². The first kappa shape index (κ1) is 20.8. The quantitative estimate of drug-likeness (QED) is 0.318. The molecule has 6 heteroatoms. The summed E-state index contributed by atoms with van der Waals surface area (Å²) in [6.07, 6.45) is 1.55. The summed E-state index contributed by atoms with van der Waals surface area (Å²) in [7, 11) is 0. The van der Waals surface area contributed by atoms with Crippen LogP contribution in [0.2, 0.25) is 0 Å². The van der Waals surface area contributed by atoms with Crippen molar-refractivity contribution < 1.29 is 19.1 Å². The van der Waals surface area contributed by atoms with E-state index in [9.17, 15) is 9.59 Å². The first-order chi connectivity index (χ1) is 15.6. The van der Waals surface area contributed by atoms with Crippen LogP contribution in [0.15, 0.2) is 97.2 Å². The van der Waals surface area contributed by atoms with E-state index in [2.05, 4.69) is 4.98 Å². The van der Waals surface area contributed by atoms with Crippen molar-refractivity contribution in [1.82, 2.24) is 4.98 Å². The molecule has 4 aromatic rings. The SMILES string of the molecule is Nc1ccccc1Oc1ccccc1C(=O)COc1ccccc1C(=O)c1ccccn1. The van der Waals surface area contributed by atoms with E-state index in [0.717, 1.165) is 0 Å². The van der Waals surface area contributed by atoms with Crippen molar-refractivity contribution >= 4 is 17.3 Å². The van der Waals surface area contributed by atoms with E-state index in [1.807, 2.05) is 0 Å². The minimum atomic E-state index is -0.296. The number of anilines is 1. The Morgan fingerprint density at radius 3 is 2.06 bits per heavy atom. The molecule has 1 aromatic heterocycles. The third-order valence-corrected chi connectivity index (χ3v) is 4.71. The molecule has 2 N–H and O–H groups in total. The normalized spacial score (nSPS) is 10.4. The fourth-order valence-electron chi connectivity index (χ4n) is 3.11. The van der Waals surface area contributed by atoms with Crippen molar-refractivity contribution in [3.05, 3.63) is 114 Å². The van der Waals surface area contributed by atoms with Gasteiger partial charge in [-0.15, -0.1) is 0 Å². The highest BCUT2D eigenvalue weighted by Crippen LogP contribution is 2.30. The predicted octanol–water partition coefficient (Wildman–Crippen LogP) is 4.95. The number of para-hydroxylation sites is 4. The number of hydrogen-bond donors (Lipinski definition) is 1. The van der Waals surface area contributed by atoms with Gasteiger partial charge in [0.05, 0.1) is 16.8 Å². The van der Waals surface area contributed by atoms with Crippen LogP contribution in [0.4, 0.5) is 5.69 Å². The van der Waals surface area contributed by atoms with Crippen molar-refractivity contribution in [3.8, 4) is 17.2 Å². The smallest absolute Gasteiger partial charge is 0.215 e. The molecule has 0 saturated carbocycles. The molecule has 0 bridgehead atoms. The lowest BCUT2D eigenvalue weighted by atomic mass is 10.1. The van der Waals surface area contributed by atoms with E-state index < -0.39 is 0 Å². The number of benzene rings is 3. The lowest BCUT2D eigenvalue weighted by Crippen LogP contribution is -2.15. The Bertz CT molecular complexity index is 1260. The molecule has 32 heavy (non-hydrogen) atoms. The van der Waals surface area contributed by atoms with E-state index in [1.54, 1.807) is 97.2 Å². The first-order valence-corrected chi connectivity index (χ1v) is 9.95. The number of ketones is 2. The van der Waals surface area contributed by atoms with Crippen LogP contribution >= 0.6 is 0 Å². The maximum absolute atomic E-state index is 12.9. The van der Waals surface area contributed by atoms with Crippen LogP contribution in [0.5, 0.6) is 17.2 Å². The molecular formula is C26H20N2O4. The molecule has 4 rings (SSSR count). The number of hydrogen-bond acceptors (Lipinski definition) is 6. The lowest BCUT2D eigenvalue weighted by molar-refractivity contribution is 0.0912. The molecule has 0 radical (unpaired) electrons. The monoisotopic (exact) mass is 424 g/mol. The van der Waals surface area contributed by atoms with E-state index in [1.165, 1.54) is 0 Å². The average Bonchev–Trinajstić information content (AvgIpc) is 2.84. The van der Waals surface area contributed by atoms with Crippen LogP contribution in [0, 0.1) is 0 Å². The number of nitrogens with two attached hydrogens (primary N) is 1. The summed E-state index contributed by atoms with van der Waals surface area (Å²) >= 11 is 0. The van der Waals surface area contributed by atoms with Crippen molar-refractivity contribution in [1.29, 1.82) is 0 Å². The van der Waals surface area contributed by atoms with Gasteiger partial charge < -0.3 is 15.2 Å². The minimum Gasteiger partial charge on any atom is -0.485 e. The molecule has 158 valence electrons. The third kappa shape index (κ3) is 4.65. The molecule has 0 aliphatic rings. The number of nitrogens with zero attached hydrogens (tertiary/aromatic N) is 1. The number of ether oxygens (including phenoxy) is 2. The molecule has 0 amide bonds. The van der Waals surface area contributed by atoms with Crippen molar-refractivity contribution in [2.24, 2.45) is 0 Å². The van der Waals surface area contributed by atoms with Crippen molar-refractivity contribution in [2.75, 3.05) is 12.3 Å². The van der Waals surface area contributed by atoms with Gasteiger partial charge in [-0.05, 0) is 48.5 Å². The fraction of sp³-hybridized carbons (Fsp3) is 0.0385. The Morgan fingerprint density at radius 1 is 0.719 bits per heavy atom. The van der Waals surface area contributed by atoms with Crippen molar-refractivity contribution in [2.45, 2.75) is 0 Å². The highest BCUT2D eigenvalue weighted by atomic mass is 16.5. The second kappa shape index (κ2) is 9.57. The second-order valence-corrected chi connectivity index (χ2v) is 6.89. The van der Waals surface area contributed by atoms with Gasteiger partial charge in [0.15, 0.2) is 6.61 Å². The maximum atomic E-state index is 12.9. The summed E-state index contributed by atoms with van der Waals surface area (Å²) in [6, 6.07) is 25.8. The van der Waals surface area contributed by atoms with Crippen LogP contribution in [0.3, 0.4) is 0 Å². The number of carbonyl (C=O) groups excluding carboxylic acids is 2. The summed E-state index contributed by atoms with van der Waals surface area (Å²) in [5, 5.41) is 0. The van der Waals surface area contributed by atoms with Gasteiger partial charge >= 0.3 is 0 Å². The largest absolute Gasteiger partial charge is 0.485 e. The Balaban J connectivity index is 1.52. The number of Topliss-reactive ketones (excluding diaryl/α,β-unsaturated/α-hetero) is 1. The highest BCUT2D eigenvalue weighted by molar-refractivity contribution is 6.09. The molecule has 1 heterocycles. The zero-order valence-electron chi connectivity index (χ0n) is 17.1. The number of aromatic nitrogens is 1. The topological polar surface area (TPSA) is 91.5 Å². The first-order valence-electron chi connectivity index (χ1n) is 9.95. The van der Waals surface area contributed by atoms with E-state index >= 15 is 0 Å². The summed E-state index contributed by atoms with van der Waals surface area (Å²) in [4.78, 5) is 29.8. The van der Waals surface area contributed by atoms with Gasteiger partial charge in [0, 0.05) is 6.20 Å². The van der Waals surface area contributed by atoms with Crippen LogP contribution in [-0.2, 0) is 0 Å². The van der Waals surface area contributed by atoms with Gasteiger partial charge in [0.1, 0.15) is 22.9 Å². The minimum absolute atomic E-state index is 0.267. The Morgan fingerprint density at radius 2 is 1.34 bits per heavy atom. The summed E-state index contributed by atoms with van der Waals surface area (Å²) < 4.78 is 11.6. The third-order valence-electron chi connectivity index (χ3n) is 4.71. The highest BCUT2D eigenvalue weighted by Gasteiger charge is 2.18. The molecule has 0 atom stereocenters. The molecule has 3 aromatic carbocycles. The Kier molecular flexibility index (Phi) is 6.22. The zero-order chi connectivity index (χ0) is 22.3. The van der Waals surface area contributed by atoms with Gasteiger partial charge in [-0.2, -0.15) is 0 Å². The lowest BCUT2D eigenvalue weighted by Gasteiger charge is -2.13. The summed E-state index contributed by atoms with van der Waals surface area (Å²) in [5.74, 6) is 0.561. The second-order valence-electron chi connectivity index (χ2n) is 6.89. The van der Waals surface area contributed by atoms with E-state index in [-0.39, 0.29) is 18.2 Å². The Hall–Kier alpha value is -4.45. The molecule has 0 aliphatic carbocycles. The van der Waals surface area contributed by atoms with E-state index in [0.29, 0.717) is 39.8 Å². The molecule has 0 fully saturated rings. The van der Waals surface area contributed by atoms with Crippen LogP contribution < -0.4 is 15.2 Å². The van der Waals surface area contributed by atoms with Gasteiger partial charge in [-0.1, -0.05) is 42.5 Å². The predicted molar refractivity (Wildman–Crippen MR) is 121 cm³/mol. The number of carbonyl (C=O) groups is 2. The van der Waals surface area contributed by atoms with Crippen LogP contribution in [0.1, 0.15) is 26.4 Å². The standard InChI is InChI=1S/C26H20N2O4/c27-20-11-3-6-15-25(20)32-24-14-5-1-9-18(24)22(29)17-31-23-13-4-2-10-19(23)26(30)21-12-7-8-16-28-21/h1-16H,17,27H2. The summed E-state index contributed by atoms with van der Waals surface area (Å²) in [6.45, 7) is -0.267. The Labute approximate surface area is 185 Å². The fourth-order valence-corrected chi connectivity index (χ4v) is 3.11. The number of pyridine rings is 1. The molecule has 0 unspecified atom stereocenters. The number of rotatable bonds is 8. The molecule has 0 spiro atoms. The van der Waals surface area contributed by atoms with E-state index in [4.69, 9.17) is 15.2 Å². The molecule has 0 aliphatic heterocycles. The number of nitrogen functional groups attached to an aromatic ring is 1. The maximum Gasteiger partial charge on any atom is 0.215 e. The molecule has 6 nitrogen and oxygen atoms in total.